The second-order valence-corrected chi connectivity index (χ2v) is 8.61. The molecule has 0 rings (SSSR count). The van der Waals surface area contributed by atoms with Gasteiger partial charge in [-0.25, -0.2) is 0 Å². The van der Waals surface area contributed by atoms with E-state index < -0.39 is 5.85 Å². The van der Waals surface area contributed by atoms with E-state index in [1.807, 2.05) is 32.6 Å². The van der Waals surface area contributed by atoms with Crippen molar-refractivity contribution in [3.05, 3.63) is 10.5 Å². The van der Waals surface area contributed by atoms with Gasteiger partial charge in [0.1, 0.15) is 5.16 Å². The molecule has 6 heteroatoms. The van der Waals surface area contributed by atoms with E-state index in [1.165, 1.54) is 0 Å². The standard InChI is InChI=1S/C9H17Cl3NOP/c1-5-13(6-2)9(10)8(7(3)4)15(11,12)14/h7H,5-6H2,1-4H3/b9-8-. The Morgan fingerprint density at radius 2 is 1.67 bits per heavy atom. The highest BCUT2D eigenvalue weighted by molar-refractivity contribution is 8.11. The lowest BCUT2D eigenvalue weighted by molar-refractivity contribution is 0.401. The van der Waals surface area contributed by atoms with E-state index in [4.69, 9.17) is 34.1 Å². The largest absolute Gasteiger partial charge is 0.362 e. The summed E-state index contributed by atoms with van der Waals surface area (Å²) < 4.78 is 11.7. The van der Waals surface area contributed by atoms with Gasteiger partial charge in [-0.2, -0.15) is 0 Å². The molecule has 0 fully saturated rings. The molecule has 15 heavy (non-hydrogen) atoms. The molecule has 2 nitrogen and oxygen atoms in total. The third-order valence-electron chi connectivity index (χ3n) is 2.08. The zero-order valence-electron chi connectivity index (χ0n) is 9.43. The molecule has 0 aromatic rings. The van der Waals surface area contributed by atoms with E-state index in [2.05, 4.69) is 0 Å². The van der Waals surface area contributed by atoms with Crippen molar-refractivity contribution in [3.63, 3.8) is 0 Å². The van der Waals surface area contributed by atoms with Crippen LogP contribution in [0.2, 0.25) is 0 Å². The van der Waals surface area contributed by atoms with E-state index in [-0.39, 0.29) is 5.92 Å². The zero-order chi connectivity index (χ0) is 12.2. The fourth-order valence-corrected chi connectivity index (χ4v) is 4.99. The molecule has 0 aliphatic heterocycles. The van der Waals surface area contributed by atoms with E-state index in [0.29, 0.717) is 10.5 Å². The van der Waals surface area contributed by atoms with Crippen LogP contribution in [0, 0.1) is 5.92 Å². The van der Waals surface area contributed by atoms with Gasteiger partial charge in [-0.05, 0) is 42.2 Å². The van der Waals surface area contributed by atoms with E-state index >= 15 is 0 Å². The van der Waals surface area contributed by atoms with Crippen LogP contribution in [0.5, 0.6) is 0 Å². The highest BCUT2D eigenvalue weighted by Crippen LogP contribution is 2.67. The van der Waals surface area contributed by atoms with Gasteiger partial charge in [0, 0.05) is 13.1 Å². The van der Waals surface area contributed by atoms with E-state index in [9.17, 15) is 4.57 Å². The predicted molar refractivity (Wildman–Crippen MR) is 70.0 cm³/mol. The number of nitrogens with zero attached hydrogens (tertiary/aromatic N) is 1. The topological polar surface area (TPSA) is 20.3 Å². The van der Waals surface area contributed by atoms with Crippen molar-refractivity contribution in [2.45, 2.75) is 27.7 Å². The van der Waals surface area contributed by atoms with Gasteiger partial charge in [0.2, 0.25) is 0 Å². The predicted octanol–water partition coefficient (Wildman–Crippen LogP) is 5.06. The van der Waals surface area contributed by atoms with Gasteiger partial charge in [-0.1, -0.05) is 25.4 Å². The average Bonchev–Trinajstić information content (AvgIpc) is 2.02. The normalized spacial score (nSPS) is 14.1. The van der Waals surface area contributed by atoms with Crippen LogP contribution in [0.4, 0.5) is 0 Å². The highest BCUT2D eigenvalue weighted by atomic mass is 35.9. The first kappa shape index (κ1) is 15.6. The molecule has 0 aromatic carbocycles. The summed E-state index contributed by atoms with van der Waals surface area (Å²) in [4.78, 5) is 1.88. The van der Waals surface area contributed by atoms with Crippen LogP contribution in [0.1, 0.15) is 27.7 Å². The van der Waals surface area contributed by atoms with E-state index in [0.717, 1.165) is 13.1 Å². The number of hydrogen-bond donors (Lipinski definition) is 0. The average molecular weight is 293 g/mol. The first-order chi connectivity index (χ1) is 6.75. The molecule has 0 N–H and O–H groups in total. The molecular weight excluding hydrogens is 275 g/mol. The summed E-state index contributed by atoms with van der Waals surface area (Å²) in [6, 6.07) is 0. The summed E-state index contributed by atoms with van der Waals surface area (Å²) >= 11 is 17.6. The summed E-state index contributed by atoms with van der Waals surface area (Å²) in [5.74, 6) is -3.35. The van der Waals surface area contributed by atoms with Crippen molar-refractivity contribution in [2.24, 2.45) is 5.92 Å². The number of rotatable bonds is 5. The zero-order valence-corrected chi connectivity index (χ0v) is 12.6. The lowest BCUT2D eigenvalue weighted by atomic mass is 10.2. The van der Waals surface area contributed by atoms with Gasteiger partial charge in [0.05, 0.1) is 5.31 Å². The smallest absolute Gasteiger partial charge is 0.281 e. The van der Waals surface area contributed by atoms with Crippen LogP contribution in [0.15, 0.2) is 10.5 Å². The molecule has 0 spiro atoms. The Hall–Kier alpha value is 0.640. The summed E-state index contributed by atoms with van der Waals surface area (Å²) in [6.07, 6.45) is 0. The maximum Gasteiger partial charge on any atom is 0.281 e. The molecule has 0 saturated heterocycles. The summed E-state index contributed by atoms with van der Waals surface area (Å²) in [6.45, 7) is 9.16. The van der Waals surface area contributed by atoms with Crippen LogP contribution < -0.4 is 0 Å². The molecule has 0 amide bonds. The van der Waals surface area contributed by atoms with Gasteiger partial charge in [-0.15, -0.1) is 0 Å². The Balaban J connectivity index is 5.37. The molecule has 0 aromatic heterocycles. The minimum absolute atomic E-state index is 0.0288. The molecule has 90 valence electrons. The first-order valence-electron chi connectivity index (χ1n) is 4.90. The third-order valence-corrected chi connectivity index (χ3v) is 5.04. The molecule has 0 bridgehead atoms. The van der Waals surface area contributed by atoms with Crippen LogP contribution in [0.3, 0.4) is 0 Å². The Kier molecular flexibility index (Phi) is 6.67. The molecule has 0 atom stereocenters. The number of hydrogen-bond acceptors (Lipinski definition) is 2. The van der Waals surface area contributed by atoms with Crippen molar-refractivity contribution >= 4 is 39.9 Å². The van der Waals surface area contributed by atoms with Crippen molar-refractivity contribution < 1.29 is 4.57 Å². The lowest BCUT2D eigenvalue weighted by Gasteiger charge is -2.24. The number of allylic oxidation sites excluding steroid dienone is 1. The second kappa shape index (κ2) is 6.39. The molecular formula is C9H17Cl3NOP. The van der Waals surface area contributed by atoms with Gasteiger partial charge in [-0.3, -0.25) is 4.57 Å². The molecule has 0 aliphatic rings. The molecule has 0 unspecified atom stereocenters. The van der Waals surface area contributed by atoms with Crippen LogP contribution in [-0.4, -0.2) is 18.0 Å². The van der Waals surface area contributed by atoms with Crippen LogP contribution in [0.25, 0.3) is 0 Å². The van der Waals surface area contributed by atoms with Crippen LogP contribution in [-0.2, 0) is 4.57 Å². The second-order valence-electron chi connectivity index (χ2n) is 3.47. The van der Waals surface area contributed by atoms with Gasteiger partial charge >= 0.3 is 0 Å². The SMILES string of the molecule is CCN(CC)/C(Cl)=C(/C(C)C)P(=O)(Cl)Cl. The maximum absolute atomic E-state index is 11.7. The highest BCUT2D eigenvalue weighted by Gasteiger charge is 2.29. The Bertz CT molecular complexity index is 281. The van der Waals surface area contributed by atoms with Gasteiger partial charge in [0.25, 0.3) is 5.85 Å². The maximum atomic E-state index is 11.7. The summed E-state index contributed by atoms with van der Waals surface area (Å²) in [5.41, 5.74) is 0. The molecule has 0 saturated carbocycles. The Morgan fingerprint density at radius 1 is 1.27 bits per heavy atom. The van der Waals surface area contributed by atoms with Crippen molar-refractivity contribution in [1.29, 1.82) is 0 Å². The van der Waals surface area contributed by atoms with Gasteiger partial charge in [0.15, 0.2) is 0 Å². The van der Waals surface area contributed by atoms with Crippen molar-refractivity contribution in [1.82, 2.24) is 4.90 Å². The minimum atomic E-state index is -3.32. The van der Waals surface area contributed by atoms with E-state index in [1.54, 1.807) is 0 Å². The summed E-state index contributed by atoms with van der Waals surface area (Å²) in [5, 5.41) is 0.861. The van der Waals surface area contributed by atoms with Crippen LogP contribution >= 0.6 is 39.9 Å². The Labute approximate surface area is 107 Å². The quantitative estimate of drug-likeness (QED) is 0.521. The van der Waals surface area contributed by atoms with Gasteiger partial charge < -0.3 is 4.90 Å². The lowest BCUT2D eigenvalue weighted by Crippen LogP contribution is -2.21. The monoisotopic (exact) mass is 291 g/mol. The Morgan fingerprint density at radius 3 is 1.87 bits per heavy atom. The third kappa shape index (κ3) is 4.56. The summed E-state index contributed by atoms with van der Waals surface area (Å²) in [7, 11) is 0. The number of halogens is 3. The fraction of sp³-hybridized carbons (Fsp3) is 0.778. The molecule has 0 heterocycles. The van der Waals surface area contributed by atoms with Crippen molar-refractivity contribution in [2.75, 3.05) is 13.1 Å². The minimum Gasteiger partial charge on any atom is -0.362 e. The first-order valence-corrected chi connectivity index (χ1v) is 8.79. The molecule has 0 aliphatic carbocycles. The molecule has 0 radical (unpaired) electrons. The fourth-order valence-electron chi connectivity index (χ4n) is 1.31. The van der Waals surface area contributed by atoms with Crippen molar-refractivity contribution in [3.8, 4) is 0 Å².